The molecule has 0 heterocycles. The van der Waals surface area contributed by atoms with Crippen molar-refractivity contribution in [3.05, 3.63) is 23.3 Å². The van der Waals surface area contributed by atoms with E-state index >= 15 is 0 Å². The van der Waals surface area contributed by atoms with Gasteiger partial charge < -0.3 is 4.74 Å². The summed E-state index contributed by atoms with van der Waals surface area (Å²) < 4.78 is 82.1. The fourth-order valence-corrected chi connectivity index (χ4v) is 2.34. The van der Waals surface area contributed by atoms with Gasteiger partial charge in [0.05, 0.1) is 6.61 Å². The molecule has 0 radical (unpaired) electrons. The van der Waals surface area contributed by atoms with Crippen LogP contribution in [0.1, 0.15) is 6.92 Å². The highest BCUT2D eigenvalue weighted by atomic mass is 32.2. The van der Waals surface area contributed by atoms with Crippen LogP contribution in [0.4, 0.5) is 17.6 Å². The molecule has 0 saturated carbocycles. The van der Waals surface area contributed by atoms with Crippen molar-refractivity contribution in [3.8, 4) is 5.75 Å². The van der Waals surface area contributed by atoms with Crippen LogP contribution < -0.4 is 4.74 Å². The predicted molar refractivity (Wildman–Crippen MR) is 58.3 cm³/mol. The summed E-state index contributed by atoms with van der Waals surface area (Å²) in [4.78, 5) is -1.37. The summed E-state index contributed by atoms with van der Waals surface area (Å²) in [5.74, 6) is -9.41. The van der Waals surface area contributed by atoms with E-state index in [4.69, 9.17) is 0 Å². The Morgan fingerprint density at radius 3 is 1.89 bits per heavy atom. The molecule has 0 aliphatic carbocycles. The fraction of sp³-hybridized carbons (Fsp3) is 0.400. The van der Waals surface area contributed by atoms with Crippen molar-refractivity contribution in [1.82, 2.24) is 4.31 Å². The molecule has 0 spiro atoms. The molecule has 0 unspecified atom stereocenters. The van der Waals surface area contributed by atoms with Crippen molar-refractivity contribution in [3.63, 3.8) is 0 Å². The van der Waals surface area contributed by atoms with E-state index in [-0.39, 0.29) is 6.61 Å². The number of hydrogen-bond donors (Lipinski definition) is 0. The quantitative estimate of drug-likeness (QED) is 0.485. The van der Waals surface area contributed by atoms with Crippen LogP contribution in [0.2, 0.25) is 0 Å². The van der Waals surface area contributed by atoms with E-state index in [0.29, 0.717) is 4.31 Å². The second kappa shape index (κ2) is 5.33. The van der Waals surface area contributed by atoms with Gasteiger partial charge in [0.1, 0.15) is 0 Å². The lowest BCUT2D eigenvalue weighted by atomic mass is 10.3. The highest BCUT2D eigenvalue weighted by Crippen LogP contribution is 2.35. The van der Waals surface area contributed by atoms with Crippen molar-refractivity contribution in [2.75, 3.05) is 20.7 Å². The normalized spacial score (nSPS) is 12.0. The largest absolute Gasteiger partial charge is 0.489 e. The number of hydrogen-bond acceptors (Lipinski definition) is 3. The average Bonchev–Trinajstić information content (AvgIpc) is 2.33. The van der Waals surface area contributed by atoms with Crippen molar-refractivity contribution < 1.29 is 30.7 Å². The van der Waals surface area contributed by atoms with Gasteiger partial charge in [-0.05, 0) is 6.92 Å². The molecule has 0 atom stereocenters. The SMILES string of the molecule is CCOc1c(F)c(F)c(F)c(F)c1S(=O)(=O)N(C)C. The minimum Gasteiger partial charge on any atom is -0.489 e. The standard InChI is InChI=1S/C10H11F4NO3S/c1-4-18-9-7(13)5(11)6(12)8(14)10(9)19(16,17)15(2)3/h4H2,1-3H3. The van der Waals surface area contributed by atoms with E-state index in [1.165, 1.54) is 6.92 Å². The summed E-state index contributed by atoms with van der Waals surface area (Å²) in [6.07, 6.45) is 0. The molecule has 0 aromatic heterocycles. The van der Waals surface area contributed by atoms with Crippen molar-refractivity contribution in [2.45, 2.75) is 11.8 Å². The van der Waals surface area contributed by atoms with E-state index in [1.807, 2.05) is 0 Å². The molecule has 9 heteroatoms. The molecule has 0 amide bonds. The molecule has 19 heavy (non-hydrogen) atoms. The van der Waals surface area contributed by atoms with Crippen molar-refractivity contribution >= 4 is 10.0 Å². The van der Waals surface area contributed by atoms with Crippen LogP contribution in [0.15, 0.2) is 4.90 Å². The molecule has 0 bridgehead atoms. The lowest BCUT2D eigenvalue weighted by Gasteiger charge is -2.17. The summed E-state index contributed by atoms with van der Waals surface area (Å²) >= 11 is 0. The summed E-state index contributed by atoms with van der Waals surface area (Å²) in [5, 5.41) is 0. The molecule has 0 fully saturated rings. The number of rotatable bonds is 4. The molecule has 0 aliphatic heterocycles. The molecule has 0 saturated heterocycles. The number of halogens is 4. The smallest absolute Gasteiger partial charge is 0.249 e. The zero-order valence-corrected chi connectivity index (χ0v) is 11.1. The Kier molecular flexibility index (Phi) is 4.41. The molecule has 4 nitrogen and oxygen atoms in total. The second-order valence-corrected chi connectivity index (χ2v) is 5.72. The zero-order valence-electron chi connectivity index (χ0n) is 10.3. The third-order valence-electron chi connectivity index (χ3n) is 2.21. The molecule has 0 N–H and O–H groups in total. The Hall–Kier alpha value is -1.35. The number of nitrogens with zero attached hydrogens (tertiary/aromatic N) is 1. The Labute approximate surface area is 107 Å². The first kappa shape index (κ1) is 15.7. The first-order valence-corrected chi connectivity index (χ1v) is 6.51. The molecule has 1 aromatic rings. The number of benzene rings is 1. The van der Waals surface area contributed by atoms with Crippen LogP contribution in [0.25, 0.3) is 0 Å². The van der Waals surface area contributed by atoms with Gasteiger partial charge in [-0.1, -0.05) is 0 Å². The minimum absolute atomic E-state index is 0.253. The third-order valence-corrected chi connectivity index (χ3v) is 4.05. The summed E-state index contributed by atoms with van der Waals surface area (Å²) in [5.41, 5.74) is 0. The second-order valence-electron chi connectivity index (χ2n) is 3.63. The Morgan fingerprint density at radius 2 is 1.47 bits per heavy atom. The first-order chi connectivity index (χ1) is 8.66. The molecular weight excluding hydrogens is 290 g/mol. The van der Waals surface area contributed by atoms with Gasteiger partial charge >= 0.3 is 0 Å². The maximum absolute atomic E-state index is 13.6. The Morgan fingerprint density at radius 1 is 1.00 bits per heavy atom. The Balaban J connectivity index is 3.81. The lowest BCUT2D eigenvalue weighted by molar-refractivity contribution is 0.286. The van der Waals surface area contributed by atoms with Crippen LogP contribution in [-0.4, -0.2) is 33.4 Å². The van der Waals surface area contributed by atoms with Gasteiger partial charge in [0.15, 0.2) is 22.3 Å². The Bertz CT molecular complexity index is 602. The average molecular weight is 301 g/mol. The molecular formula is C10H11F4NO3S. The van der Waals surface area contributed by atoms with Crippen LogP contribution in [0.3, 0.4) is 0 Å². The van der Waals surface area contributed by atoms with Gasteiger partial charge in [-0.3, -0.25) is 0 Å². The van der Waals surface area contributed by atoms with Gasteiger partial charge in [0.2, 0.25) is 21.7 Å². The van der Waals surface area contributed by atoms with Gasteiger partial charge in [-0.25, -0.2) is 25.9 Å². The van der Waals surface area contributed by atoms with E-state index in [9.17, 15) is 26.0 Å². The van der Waals surface area contributed by atoms with Crippen LogP contribution in [-0.2, 0) is 10.0 Å². The van der Waals surface area contributed by atoms with Gasteiger partial charge in [0.25, 0.3) is 0 Å². The van der Waals surface area contributed by atoms with Crippen LogP contribution in [0, 0.1) is 23.3 Å². The highest BCUT2D eigenvalue weighted by Gasteiger charge is 2.35. The highest BCUT2D eigenvalue weighted by molar-refractivity contribution is 7.89. The van der Waals surface area contributed by atoms with Gasteiger partial charge in [-0.15, -0.1) is 0 Å². The van der Waals surface area contributed by atoms with Crippen LogP contribution >= 0.6 is 0 Å². The van der Waals surface area contributed by atoms with Crippen LogP contribution in [0.5, 0.6) is 5.75 Å². The maximum Gasteiger partial charge on any atom is 0.249 e. The van der Waals surface area contributed by atoms with E-state index in [2.05, 4.69) is 4.74 Å². The van der Waals surface area contributed by atoms with Gasteiger partial charge in [-0.2, -0.15) is 4.39 Å². The molecule has 0 aliphatic rings. The van der Waals surface area contributed by atoms with E-state index < -0.39 is 43.9 Å². The van der Waals surface area contributed by atoms with E-state index in [0.717, 1.165) is 14.1 Å². The third kappa shape index (κ3) is 2.52. The van der Waals surface area contributed by atoms with Gasteiger partial charge in [0, 0.05) is 14.1 Å². The van der Waals surface area contributed by atoms with Crippen molar-refractivity contribution in [2.24, 2.45) is 0 Å². The summed E-state index contributed by atoms with van der Waals surface area (Å²) in [6.45, 7) is 1.10. The number of ether oxygens (including phenoxy) is 1. The molecule has 1 rings (SSSR count). The number of sulfonamides is 1. The lowest BCUT2D eigenvalue weighted by Crippen LogP contribution is -2.25. The monoisotopic (exact) mass is 301 g/mol. The fourth-order valence-electron chi connectivity index (χ4n) is 1.28. The summed E-state index contributed by atoms with van der Waals surface area (Å²) in [6, 6.07) is 0. The molecule has 1 aromatic carbocycles. The molecule has 108 valence electrons. The van der Waals surface area contributed by atoms with Crippen molar-refractivity contribution in [1.29, 1.82) is 0 Å². The summed E-state index contributed by atoms with van der Waals surface area (Å²) in [7, 11) is -2.47. The maximum atomic E-state index is 13.6. The first-order valence-electron chi connectivity index (χ1n) is 5.07. The zero-order chi connectivity index (χ0) is 15.0. The van der Waals surface area contributed by atoms with E-state index in [1.54, 1.807) is 0 Å². The predicted octanol–water partition coefficient (Wildman–Crippen LogP) is 1.89. The minimum atomic E-state index is -4.54. The topological polar surface area (TPSA) is 46.6 Å².